The van der Waals surface area contributed by atoms with E-state index < -0.39 is 0 Å². The molecule has 4 nitrogen and oxygen atoms in total. The van der Waals surface area contributed by atoms with Gasteiger partial charge in [0.1, 0.15) is 5.75 Å². The molecule has 0 spiro atoms. The second-order valence-electron chi connectivity index (χ2n) is 5.61. The van der Waals surface area contributed by atoms with Crippen molar-refractivity contribution in [2.75, 3.05) is 26.7 Å². The molecular formula is C15H19ClN2O2. The molecule has 1 aromatic rings. The van der Waals surface area contributed by atoms with Crippen LogP contribution in [-0.2, 0) is 17.8 Å². The molecule has 5 heteroatoms. The van der Waals surface area contributed by atoms with E-state index >= 15 is 0 Å². The van der Waals surface area contributed by atoms with Gasteiger partial charge < -0.3 is 10.1 Å². The van der Waals surface area contributed by atoms with Crippen LogP contribution >= 0.6 is 11.6 Å². The van der Waals surface area contributed by atoms with Crippen molar-refractivity contribution >= 4 is 17.5 Å². The fraction of sp³-hybridized carbons (Fsp3) is 0.533. The number of hydrogen-bond acceptors (Lipinski definition) is 3. The first-order valence-corrected chi connectivity index (χ1v) is 7.38. The molecule has 1 aromatic carbocycles. The van der Waals surface area contributed by atoms with Crippen molar-refractivity contribution in [1.29, 1.82) is 0 Å². The molecule has 2 aliphatic rings. The Morgan fingerprint density at radius 1 is 1.45 bits per heavy atom. The van der Waals surface area contributed by atoms with Crippen LogP contribution in [0, 0.1) is 5.92 Å². The van der Waals surface area contributed by atoms with Crippen molar-refractivity contribution in [3.8, 4) is 5.75 Å². The molecule has 1 saturated heterocycles. The summed E-state index contributed by atoms with van der Waals surface area (Å²) in [6.07, 6.45) is 1.67. The lowest BCUT2D eigenvalue weighted by atomic mass is 9.98. The lowest BCUT2D eigenvalue weighted by Gasteiger charge is -2.30. The molecule has 1 fully saturated rings. The number of nitrogens with zero attached hydrogens (tertiary/aromatic N) is 1. The molecular weight excluding hydrogens is 276 g/mol. The van der Waals surface area contributed by atoms with Gasteiger partial charge in [-0.2, -0.15) is 0 Å². The van der Waals surface area contributed by atoms with Crippen LogP contribution in [0.5, 0.6) is 5.75 Å². The number of nitrogens with one attached hydrogen (secondary N) is 1. The number of halogens is 1. The van der Waals surface area contributed by atoms with Crippen LogP contribution in [0.4, 0.5) is 0 Å². The monoisotopic (exact) mass is 294 g/mol. The standard InChI is InChI=1S/C15H19ClN2O2/c1-20-14-6-11-2-3-18(9-12(11)5-13(14)16)8-10-4-15(19)17-7-10/h5-6,10H,2-4,7-9H2,1H3,(H,17,19). The molecule has 1 amide bonds. The summed E-state index contributed by atoms with van der Waals surface area (Å²) in [5.74, 6) is 1.38. The molecule has 20 heavy (non-hydrogen) atoms. The third kappa shape index (κ3) is 2.76. The zero-order valence-corrected chi connectivity index (χ0v) is 12.4. The van der Waals surface area contributed by atoms with Crippen molar-refractivity contribution in [2.24, 2.45) is 5.92 Å². The number of rotatable bonds is 3. The summed E-state index contributed by atoms with van der Waals surface area (Å²) in [6.45, 7) is 3.72. The first-order chi connectivity index (χ1) is 9.65. The van der Waals surface area contributed by atoms with Gasteiger partial charge in [-0.05, 0) is 35.6 Å². The molecule has 0 aromatic heterocycles. The van der Waals surface area contributed by atoms with Crippen LogP contribution in [0.15, 0.2) is 12.1 Å². The Bertz CT molecular complexity index is 533. The molecule has 108 valence electrons. The summed E-state index contributed by atoms with van der Waals surface area (Å²) in [6, 6.07) is 4.07. The Labute approximate surface area is 124 Å². The third-order valence-corrected chi connectivity index (χ3v) is 4.44. The third-order valence-electron chi connectivity index (χ3n) is 4.14. The highest BCUT2D eigenvalue weighted by molar-refractivity contribution is 6.32. The van der Waals surface area contributed by atoms with Gasteiger partial charge in [0.25, 0.3) is 0 Å². The van der Waals surface area contributed by atoms with Crippen LogP contribution in [0.2, 0.25) is 5.02 Å². The van der Waals surface area contributed by atoms with Gasteiger partial charge in [0, 0.05) is 32.6 Å². The van der Waals surface area contributed by atoms with Crippen LogP contribution in [-0.4, -0.2) is 37.6 Å². The molecule has 1 unspecified atom stereocenters. The quantitative estimate of drug-likeness (QED) is 0.925. The van der Waals surface area contributed by atoms with E-state index in [-0.39, 0.29) is 5.91 Å². The summed E-state index contributed by atoms with van der Waals surface area (Å²) in [4.78, 5) is 13.7. The number of carbonyl (C=O) groups excluding carboxylic acids is 1. The Hall–Kier alpha value is -1.26. The summed E-state index contributed by atoms with van der Waals surface area (Å²) < 4.78 is 5.27. The second kappa shape index (κ2) is 5.62. The van der Waals surface area contributed by atoms with Gasteiger partial charge in [0.15, 0.2) is 0 Å². The SMILES string of the molecule is COc1cc2c(cc1Cl)CN(CC1CNC(=O)C1)CC2. The topological polar surface area (TPSA) is 41.6 Å². The van der Waals surface area contributed by atoms with Crippen molar-refractivity contribution in [3.05, 3.63) is 28.3 Å². The van der Waals surface area contributed by atoms with Crippen LogP contribution in [0.3, 0.4) is 0 Å². The normalized spacial score (nSPS) is 22.5. The minimum absolute atomic E-state index is 0.181. The highest BCUT2D eigenvalue weighted by atomic mass is 35.5. The molecule has 0 bridgehead atoms. The minimum Gasteiger partial charge on any atom is -0.495 e. The summed E-state index contributed by atoms with van der Waals surface area (Å²) in [5.41, 5.74) is 2.60. The van der Waals surface area contributed by atoms with Gasteiger partial charge in [-0.15, -0.1) is 0 Å². The van der Waals surface area contributed by atoms with E-state index in [1.165, 1.54) is 11.1 Å². The molecule has 3 rings (SSSR count). The summed E-state index contributed by atoms with van der Waals surface area (Å²) >= 11 is 6.20. The number of carbonyl (C=O) groups is 1. The van der Waals surface area contributed by atoms with Gasteiger partial charge in [0.05, 0.1) is 12.1 Å². The van der Waals surface area contributed by atoms with E-state index in [1.807, 2.05) is 6.07 Å². The maximum atomic E-state index is 11.2. The average Bonchev–Trinajstić information content (AvgIpc) is 2.83. The zero-order valence-electron chi connectivity index (χ0n) is 11.6. The van der Waals surface area contributed by atoms with Gasteiger partial charge in [0.2, 0.25) is 5.91 Å². The highest BCUT2D eigenvalue weighted by Gasteiger charge is 2.26. The Balaban J connectivity index is 1.69. The van der Waals surface area contributed by atoms with Gasteiger partial charge in [-0.1, -0.05) is 11.6 Å². The molecule has 1 N–H and O–H groups in total. The largest absolute Gasteiger partial charge is 0.495 e. The van der Waals surface area contributed by atoms with Crippen molar-refractivity contribution in [3.63, 3.8) is 0 Å². The van der Waals surface area contributed by atoms with Crippen molar-refractivity contribution < 1.29 is 9.53 Å². The zero-order chi connectivity index (χ0) is 14.1. The number of methoxy groups -OCH3 is 1. The Morgan fingerprint density at radius 3 is 3.00 bits per heavy atom. The smallest absolute Gasteiger partial charge is 0.220 e. The van der Waals surface area contributed by atoms with E-state index in [2.05, 4.69) is 16.3 Å². The fourth-order valence-electron chi connectivity index (χ4n) is 3.09. The summed E-state index contributed by atoms with van der Waals surface area (Å²) in [7, 11) is 1.65. The highest BCUT2D eigenvalue weighted by Crippen LogP contribution is 2.31. The van der Waals surface area contributed by atoms with Crippen LogP contribution < -0.4 is 10.1 Å². The van der Waals surface area contributed by atoms with Crippen LogP contribution in [0.1, 0.15) is 17.5 Å². The van der Waals surface area contributed by atoms with E-state index in [1.54, 1.807) is 7.11 Å². The number of ether oxygens (including phenoxy) is 1. The van der Waals surface area contributed by atoms with E-state index in [9.17, 15) is 4.79 Å². The van der Waals surface area contributed by atoms with E-state index in [0.29, 0.717) is 17.4 Å². The molecule has 0 saturated carbocycles. The average molecular weight is 295 g/mol. The van der Waals surface area contributed by atoms with Crippen LogP contribution in [0.25, 0.3) is 0 Å². The number of amides is 1. The maximum absolute atomic E-state index is 11.2. The molecule has 2 aliphatic heterocycles. The van der Waals surface area contributed by atoms with E-state index in [4.69, 9.17) is 16.3 Å². The number of fused-ring (bicyclic) bond motifs is 1. The Kier molecular flexibility index (Phi) is 3.85. The van der Waals surface area contributed by atoms with Crippen molar-refractivity contribution in [2.45, 2.75) is 19.4 Å². The molecule has 0 aliphatic carbocycles. The first-order valence-electron chi connectivity index (χ1n) is 7.00. The van der Waals surface area contributed by atoms with Crippen molar-refractivity contribution in [1.82, 2.24) is 10.2 Å². The second-order valence-corrected chi connectivity index (χ2v) is 6.02. The lowest BCUT2D eigenvalue weighted by molar-refractivity contribution is -0.119. The molecule has 2 heterocycles. The first kappa shape index (κ1) is 13.7. The Morgan fingerprint density at radius 2 is 2.30 bits per heavy atom. The predicted molar refractivity (Wildman–Crippen MR) is 78.1 cm³/mol. The van der Waals surface area contributed by atoms with E-state index in [0.717, 1.165) is 38.3 Å². The molecule has 0 radical (unpaired) electrons. The maximum Gasteiger partial charge on any atom is 0.220 e. The fourth-order valence-corrected chi connectivity index (χ4v) is 3.35. The number of hydrogen-bond donors (Lipinski definition) is 1. The predicted octanol–water partition coefficient (Wildman–Crippen LogP) is 1.84. The molecule has 1 atom stereocenters. The summed E-state index contributed by atoms with van der Waals surface area (Å²) in [5, 5.41) is 3.57. The minimum atomic E-state index is 0.181. The number of benzene rings is 1. The lowest BCUT2D eigenvalue weighted by Crippen LogP contribution is -2.35. The van der Waals surface area contributed by atoms with Gasteiger partial charge >= 0.3 is 0 Å². The van der Waals surface area contributed by atoms with Gasteiger partial charge in [-0.3, -0.25) is 9.69 Å². The van der Waals surface area contributed by atoms with Gasteiger partial charge in [-0.25, -0.2) is 0 Å².